The molecule has 0 saturated carbocycles. The predicted octanol–water partition coefficient (Wildman–Crippen LogP) is 4.90. The maximum absolute atomic E-state index is 12.6. The second kappa shape index (κ2) is 7.78. The summed E-state index contributed by atoms with van der Waals surface area (Å²) in [7, 11) is 0. The van der Waals surface area contributed by atoms with Crippen molar-refractivity contribution in [1.29, 1.82) is 0 Å². The number of benzene rings is 2. The Balaban J connectivity index is 1.75. The van der Waals surface area contributed by atoms with Crippen LogP contribution in [0, 0.1) is 6.92 Å². The van der Waals surface area contributed by atoms with E-state index < -0.39 is 0 Å². The van der Waals surface area contributed by atoms with Gasteiger partial charge in [0.1, 0.15) is 11.5 Å². The number of nitrogens with zero attached hydrogens (tertiary/aromatic N) is 2. The van der Waals surface area contributed by atoms with Gasteiger partial charge in [-0.1, -0.05) is 50.2 Å². The van der Waals surface area contributed by atoms with Crippen molar-refractivity contribution in [3.63, 3.8) is 0 Å². The first-order valence-electron chi connectivity index (χ1n) is 8.59. The Kier molecular flexibility index (Phi) is 5.27. The largest absolute Gasteiger partial charge is 0.339 e. The zero-order chi connectivity index (χ0) is 18.5. The van der Waals surface area contributed by atoms with Crippen molar-refractivity contribution in [2.75, 3.05) is 10.6 Å². The SMILES string of the molecule is Cc1cccc(C(C)C)c1NC(=O)c1cnc(Nc2ccccc2)cn1. The lowest BCUT2D eigenvalue weighted by molar-refractivity contribution is 0.102. The van der Waals surface area contributed by atoms with Gasteiger partial charge in [-0.25, -0.2) is 9.97 Å². The van der Waals surface area contributed by atoms with Crippen molar-refractivity contribution in [3.05, 3.63) is 77.7 Å². The number of carbonyl (C=O) groups is 1. The second-order valence-electron chi connectivity index (χ2n) is 6.43. The molecule has 1 aromatic heterocycles. The number of rotatable bonds is 5. The Bertz CT molecular complexity index is 890. The van der Waals surface area contributed by atoms with Gasteiger partial charge in [0, 0.05) is 11.4 Å². The summed E-state index contributed by atoms with van der Waals surface area (Å²) in [4.78, 5) is 21.1. The smallest absolute Gasteiger partial charge is 0.275 e. The molecule has 132 valence electrons. The van der Waals surface area contributed by atoms with E-state index in [0.717, 1.165) is 22.5 Å². The minimum Gasteiger partial charge on any atom is -0.339 e. The van der Waals surface area contributed by atoms with Crippen LogP contribution in [0.4, 0.5) is 17.2 Å². The lowest BCUT2D eigenvalue weighted by atomic mass is 9.98. The van der Waals surface area contributed by atoms with E-state index in [1.165, 1.54) is 6.20 Å². The molecule has 0 aliphatic heterocycles. The monoisotopic (exact) mass is 346 g/mol. The van der Waals surface area contributed by atoms with Crippen molar-refractivity contribution in [2.24, 2.45) is 0 Å². The van der Waals surface area contributed by atoms with Gasteiger partial charge in [0.25, 0.3) is 5.91 Å². The number of anilines is 3. The van der Waals surface area contributed by atoms with Crippen LogP contribution in [0.3, 0.4) is 0 Å². The highest BCUT2D eigenvalue weighted by molar-refractivity contribution is 6.03. The topological polar surface area (TPSA) is 66.9 Å². The molecule has 0 aliphatic carbocycles. The first kappa shape index (κ1) is 17.6. The highest BCUT2D eigenvalue weighted by Crippen LogP contribution is 2.27. The van der Waals surface area contributed by atoms with Gasteiger partial charge in [-0.15, -0.1) is 0 Å². The van der Waals surface area contributed by atoms with E-state index in [4.69, 9.17) is 0 Å². The van der Waals surface area contributed by atoms with E-state index in [1.807, 2.05) is 55.5 Å². The van der Waals surface area contributed by atoms with Gasteiger partial charge in [-0.05, 0) is 36.1 Å². The molecular formula is C21H22N4O. The van der Waals surface area contributed by atoms with E-state index in [0.29, 0.717) is 11.7 Å². The molecular weight excluding hydrogens is 324 g/mol. The summed E-state index contributed by atoms with van der Waals surface area (Å²) in [6.45, 7) is 6.20. The van der Waals surface area contributed by atoms with Gasteiger partial charge in [-0.3, -0.25) is 4.79 Å². The highest BCUT2D eigenvalue weighted by atomic mass is 16.1. The molecule has 0 radical (unpaired) electrons. The van der Waals surface area contributed by atoms with Crippen molar-refractivity contribution < 1.29 is 4.79 Å². The number of hydrogen-bond donors (Lipinski definition) is 2. The standard InChI is InChI=1S/C21H22N4O/c1-14(2)17-11-7-8-15(3)20(17)25-21(26)18-12-23-19(13-22-18)24-16-9-5-4-6-10-16/h4-14H,1-3H3,(H,23,24)(H,25,26). The number of hydrogen-bond acceptors (Lipinski definition) is 4. The van der Waals surface area contributed by atoms with E-state index in [1.54, 1.807) is 6.20 Å². The molecule has 1 heterocycles. The lowest BCUT2D eigenvalue weighted by Crippen LogP contribution is -2.16. The molecule has 2 aromatic carbocycles. The molecule has 0 spiro atoms. The van der Waals surface area contributed by atoms with E-state index >= 15 is 0 Å². The maximum Gasteiger partial charge on any atom is 0.275 e. The first-order valence-corrected chi connectivity index (χ1v) is 8.59. The molecule has 0 saturated heterocycles. The average molecular weight is 346 g/mol. The molecule has 3 rings (SSSR count). The number of aromatic nitrogens is 2. The summed E-state index contributed by atoms with van der Waals surface area (Å²) < 4.78 is 0. The molecule has 5 nitrogen and oxygen atoms in total. The van der Waals surface area contributed by atoms with Gasteiger partial charge in [0.2, 0.25) is 0 Å². The highest BCUT2D eigenvalue weighted by Gasteiger charge is 2.14. The lowest BCUT2D eigenvalue weighted by Gasteiger charge is -2.16. The van der Waals surface area contributed by atoms with Gasteiger partial charge in [0.15, 0.2) is 0 Å². The summed E-state index contributed by atoms with van der Waals surface area (Å²) in [5.74, 6) is 0.639. The van der Waals surface area contributed by atoms with E-state index in [-0.39, 0.29) is 11.6 Å². The molecule has 0 atom stereocenters. The number of aryl methyl sites for hydroxylation is 1. The molecule has 5 heteroatoms. The van der Waals surface area contributed by atoms with Crippen LogP contribution in [0.15, 0.2) is 60.9 Å². The fraction of sp³-hybridized carbons (Fsp3) is 0.190. The Morgan fingerprint density at radius 1 is 0.962 bits per heavy atom. The second-order valence-corrected chi connectivity index (χ2v) is 6.43. The van der Waals surface area contributed by atoms with Gasteiger partial charge in [0.05, 0.1) is 12.4 Å². The Hall–Kier alpha value is -3.21. The summed E-state index contributed by atoms with van der Waals surface area (Å²) in [5, 5.41) is 6.13. The van der Waals surface area contributed by atoms with Gasteiger partial charge < -0.3 is 10.6 Å². The molecule has 3 aromatic rings. The van der Waals surface area contributed by atoms with Crippen molar-refractivity contribution >= 4 is 23.1 Å². The van der Waals surface area contributed by atoms with Crippen LogP contribution in [-0.4, -0.2) is 15.9 Å². The van der Waals surface area contributed by atoms with Crippen LogP contribution in [0.2, 0.25) is 0 Å². The van der Waals surface area contributed by atoms with Crippen LogP contribution in [0.1, 0.15) is 41.4 Å². The molecule has 0 unspecified atom stereocenters. The molecule has 0 aliphatic rings. The number of carbonyl (C=O) groups excluding carboxylic acids is 1. The average Bonchev–Trinajstić information content (AvgIpc) is 2.64. The van der Waals surface area contributed by atoms with Crippen molar-refractivity contribution in [3.8, 4) is 0 Å². The molecule has 2 N–H and O–H groups in total. The fourth-order valence-corrected chi connectivity index (χ4v) is 2.70. The van der Waals surface area contributed by atoms with Gasteiger partial charge in [-0.2, -0.15) is 0 Å². The number of nitrogens with one attached hydrogen (secondary N) is 2. The van der Waals surface area contributed by atoms with Crippen LogP contribution >= 0.6 is 0 Å². The normalized spacial score (nSPS) is 10.6. The summed E-state index contributed by atoms with van der Waals surface area (Å²) in [6.07, 6.45) is 3.04. The zero-order valence-electron chi connectivity index (χ0n) is 15.2. The quantitative estimate of drug-likeness (QED) is 0.689. The Morgan fingerprint density at radius 3 is 2.38 bits per heavy atom. The van der Waals surface area contributed by atoms with Crippen molar-refractivity contribution in [2.45, 2.75) is 26.7 Å². The van der Waals surface area contributed by atoms with E-state index in [9.17, 15) is 4.79 Å². The summed E-state index contributed by atoms with van der Waals surface area (Å²) in [5.41, 5.74) is 4.18. The number of para-hydroxylation sites is 2. The number of amides is 1. The predicted molar refractivity (Wildman–Crippen MR) is 105 cm³/mol. The molecule has 26 heavy (non-hydrogen) atoms. The third-order valence-electron chi connectivity index (χ3n) is 4.10. The summed E-state index contributed by atoms with van der Waals surface area (Å²) in [6, 6.07) is 15.7. The van der Waals surface area contributed by atoms with Crippen LogP contribution in [-0.2, 0) is 0 Å². The zero-order valence-corrected chi connectivity index (χ0v) is 15.2. The third-order valence-corrected chi connectivity index (χ3v) is 4.10. The Labute approximate surface area is 153 Å². The fourth-order valence-electron chi connectivity index (χ4n) is 2.70. The molecule has 0 fully saturated rings. The molecule has 1 amide bonds. The van der Waals surface area contributed by atoms with Crippen molar-refractivity contribution in [1.82, 2.24) is 9.97 Å². The minimum absolute atomic E-state index is 0.264. The van der Waals surface area contributed by atoms with Crippen LogP contribution < -0.4 is 10.6 Å². The third kappa shape index (κ3) is 4.06. The Morgan fingerprint density at radius 2 is 1.73 bits per heavy atom. The van der Waals surface area contributed by atoms with Crippen LogP contribution in [0.5, 0.6) is 0 Å². The van der Waals surface area contributed by atoms with Gasteiger partial charge >= 0.3 is 0 Å². The molecule has 0 bridgehead atoms. The summed E-state index contributed by atoms with van der Waals surface area (Å²) >= 11 is 0. The van der Waals surface area contributed by atoms with E-state index in [2.05, 4.69) is 34.4 Å². The van der Waals surface area contributed by atoms with Crippen LogP contribution in [0.25, 0.3) is 0 Å². The maximum atomic E-state index is 12.6. The first-order chi connectivity index (χ1) is 12.5. The minimum atomic E-state index is -0.264.